The summed E-state index contributed by atoms with van der Waals surface area (Å²) in [6.45, 7) is 0. The van der Waals surface area contributed by atoms with Gasteiger partial charge in [-0.2, -0.15) is 0 Å². The molecule has 0 aliphatic rings. The van der Waals surface area contributed by atoms with Crippen LogP contribution >= 0.6 is 11.6 Å². The van der Waals surface area contributed by atoms with E-state index in [1.165, 1.54) is 13.2 Å². The Labute approximate surface area is 110 Å². The molecule has 1 rings (SSSR count). The number of ether oxygens (including phenoxy) is 1. The van der Waals surface area contributed by atoms with Crippen LogP contribution in [0, 0.1) is 0 Å². The third-order valence-corrected chi connectivity index (χ3v) is 2.28. The second-order valence-electron chi connectivity index (χ2n) is 3.38. The number of nitrogens with two attached hydrogens (primary N) is 1. The van der Waals surface area contributed by atoms with Gasteiger partial charge in [0.2, 0.25) is 0 Å². The quantitative estimate of drug-likeness (QED) is 0.667. The highest BCUT2D eigenvalue weighted by Gasteiger charge is 2.05. The molecule has 94 valence electrons. The average Bonchev–Trinajstić information content (AvgIpc) is 2.37. The Morgan fingerprint density at radius 1 is 1.28 bits per heavy atom. The van der Waals surface area contributed by atoms with Crippen molar-refractivity contribution < 1.29 is 14.3 Å². The molecule has 1 aromatic rings. The number of halogens is 1. The lowest BCUT2D eigenvalue weighted by atomic mass is 10.2. The van der Waals surface area contributed by atoms with Crippen molar-refractivity contribution in [2.45, 2.75) is 0 Å². The Hall–Kier alpha value is -2.07. The van der Waals surface area contributed by atoms with Gasteiger partial charge in [-0.15, -0.1) is 0 Å². The minimum atomic E-state index is -0.733. The lowest BCUT2D eigenvalue weighted by Gasteiger charge is -1.96. The molecule has 0 saturated heterocycles. The number of esters is 1. The number of ketones is 1. The lowest BCUT2D eigenvalue weighted by molar-refractivity contribution is -0.136. The smallest absolute Gasteiger partial charge is 0.354 e. The first kappa shape index (κ1) is 14.0. The molecule has 5 heteroatoms. The average molecular weight is 266 g/mol. The number of hydrogen-bond acceptors (Lipinski definition) is 4. The number of rotatable bonds is 4. The molecule has 0 atom stereocenters. The van der Waals surface area contributed by atoms with Crippen LogP contribution in [0.15, 0.2) is 42.1 Å². The SMILES string of the molecule is COC(=O)/C(N)=C/C(=O)/C=C/c1ccc(Cl)cc1. The zero-order chi connectivity index (χ0) is 13.5. The van der Waals surface area contributed by atoms with Crippen molar-refractivity contribution >= 4 is 29.4 Å². The summed E-state index contributed by atoms with van der Waals surface area (Å²) in [4.78, 5) is 22.4. The van der Waals surface area contributed by atoms with Gasteiger partial charge < -0.3 is 10.5 Å². The molecule has 0 radical (unpaired) electrons. The summed E-state index contributed by atoms with van der Waals surface area (Å²) < 4.78 is 4.37. The van der Waals surface area contributed by atoms with Gasteiger partial charge in [0.15, 0.2) is 5.78 Å². The first-order valence-corrected chi connectivity index (χ1v) is 5.44. The van der Waals surface area contributed by atoms with Crippen molar-refractivity contribution in [2.75, 3.05) is 7.11 Å². The number of benzene rings is 1. The van der Waals surface area contributed by atoms with Crippen molar-refractivity contribution in [3.8, 4) is 0 Å². The Balaban J connectivity index is 2.70. The van der Waals surface area contributed by atoms with E-state index in [9.17, 15) is 9.59 Å². The molecule has 4 nitrogen and oxygen atoms in total. The number of carbonyl (C=O) groups is 2. The number of allylic oxidation sites excluding steroid dienone is 2. The Kier molecular flexibility index (Phi) is 5.14. The largest absolute Gasteiger partial charge is 0.464 e. The molecule has 0 bridgehead atoms. The third-order valence-electron chi connectivity index (χ3n) is 2.03. The van der Waals surface area contributed by atoms with Crippen LogP contribution in [0.1, 0.15) is 5.56 Å². The second kappa shape index (κ2) is 6.61. The van der Waals surface area contributed by atoms with Gasteiger partial charge in [-0.1, -0.05) is 29.8 Å². The van der Waals surface area contributed by atoms with E-state index in [1.807, 2.05) is 0 Å². The van der Waals surface area contributed by atoms with Gasteiger partial charge >= 0.3 is 5.97 Å². The number of methoxy groups -OCH3 is 1. The minimum absolute atomic E-state index is 0.233. The Morgan fingerprint density at radius 2 is 1.89 bits per heavy atom. The van der Waals surface area contributed by atoms with Crippen molar-refractivity contribution in [2.24, 2.45) is 5.73 Å². The highest BCUT2D eigenvalue weighted by Crippen LogP contribution is 2.10. The second-order valence-corrected chi connectivity index (χ2v) is 3.81. The summed E-state index contributed by atoms with van der Waals surface area (Å²) in [7, 11) is 1.19. The van der Waals surface area contributed by atoms with E-state index in [4.69, 9.17) is 17.3 Å². The zero-order valence-electron chi connectivity index (χ0n) is 9.72. The highest BCUT2D eigenvalue weighted by molar-refractivity contribution is 6.30. The molecule has 0 unspecified atom stereocenters. The Morgan fingerprint density at radius 3 is 2.44 bits per heavy atom. The maximum Gasteiger partial charge on any atom is 0.354 e. The maximum atomic E-state index is 11.4. The van der Waals surface area contributed by atoms with E-state index in [2.05, 4.69) is 4.74 Å². The van der Waals surface area contributed by atoms with Crippen LogP contribution in [0.25, 0.3) is 6.08 Å². The van der Waals surface area contributed by atoms with Crippen LogP contribution in [0.2, 0.25) is 5.02 Å². The third kappa shape index (κ3) is 4.43. The summed E-state index contributed by atoms with van der Waals surface area (Å²) in [6, 6.07) is 6.95. The zero-order valence-corrected chi connectivity index (χ0v) is 10.5. The predicted octanol–water partition coefficient (Wildman–Crippen LogP) is 1.94. The normalized spacial score (nSPS) is 11.6. The van der Waals surface area contributed by atoms with Crippen LogP contribution in [0.5, 0.6) is 0 Å². The fourth-order valence-electron chi connectivity index (χ4n) is 1.13. The van der Waals surface area contributed by atoms with E-state index in [0.717, 1.165) is 11.6 Å². The summed E-state index contributed by atoms with van der Waals surface area (Å²) >= 11 is 5.73. The van der Waals surface area contributed by atoms with Gasteiger partial charge in [0, 0.05) is 11.1 Å². The molecule has 0 aliphatic carbocycles. The topological polar surface area (TPSA) is 69.4 Å². The van der Waals surface area contributed by atoms with Gasteiger partial charge in [0.25, 0.3) is 0 Å². The molecule has 0 spiro atoms. The Bertz CT molecular complexity index is 503. The van der Waals surface area contributed by atoms with Gasteiger partial charge in [-0.05, 0) is 23.8 Å². The summed E-state index contributed by atoms with van der Waals surface area (Å²) in [5.74, 6) is -1.13. The molecule has 0 amide bonds. The molecular weight excluding hydrogens is 254 g/mol. The highest BCUT2D eigenvalue weighted by atomic mass is 35.5. The first-order chi connectivity index (χ1) is 8.52. The lowest BCUT2D eigenvalue weighted by Crippen LogP contribution is -2.14. The predicted molar refractivity (Wildman–Crippen MR) is 69.8 cm³/mol. The van der Waals surface area contributed by atoms with Crippen LogP contribution in [-0.2, 0) is 14.3 Å². The molecule has 2 N–H and O–H groups in total. The van der Waals surface area contributed by atoms with Crippen molar-refractivity contribution in [3.63, 3.8) is 0 Å². The van der Waals surface area contributed by atoms with Crippen LogP contribution in [-0.4, -0.2) is 18.9 Å². The van der Waals surface area contributed by atoms with Gasteiger partial charge in [-0.3, -0.25) is 4.79 Å². The van der Waals surface area contributed by atoms with E-state index in [0.29, 0.717) is 5.02 Å². The standard InChI is InChI=1S/C13H12ClNO3/c1-18-13(17)12(15)8-11(16)7-4-9-2-5-10(14)6-3-9/h2-8H,15H2,1H3/b7-4+,12-8-. The number of hydrogen-bond donors (Lipinski definition) is 1. The van der Waals surface area contributed by atoms with Crippen molar-refractivity contribution in [1.29, 1.82) is 0 Å². The van der Waals surface area contributed by atoms with E-state index in [1.54, 1.807) is 30.3 Å². The van der Waals surface area contributed by atoms with Gasteiger partial charge in [-0.25, -0.2) is 4.79 Å². The molecule has 0 aliphatic heterocycles. The minimum Gasteiger partial charge on any atom is -0.464 e. The molecule has 1 aromatic carbocycles. The van der Waals surface area contributed by atoms with Gasteiger partial charge in [0.05, 0.1) is 7.11 Å². The van der Waals surface area contributed by atoms with E-state index >= 15 is 0 Å². The van der Waals surface area contributed by atoms with Gasteiger partial charge in [0.1, 0.15) is 5.70 Å². The molecule has 0 aromatic heterocycles. The molecule has 0 saturated carbocycles. The van der Waals surface area contributed by atoms with Crippen LogP contribution in [0.4, 0.5) is 0 Å². The van der Waals surface area contributed by atoms with E-state index in [-0.39, 0.29) is 5.70 Å². The number of carbonyl (C=O) groups excluding carboxylic acids is 2. The molecular formula is C13H12ClNO3. The molecule has 0 heterocycles. The fraction of sp³-hybridized carbons (Fsp3) is 0.0769. The molecule has 18 heavy (non-hydrogen) atoms. The van der Waals surface area contributed by atoms with E-state index < -0.39 is 11.8 Å². The summed E-state index contributed by atoms with van der Waals surface area (Å²) in [6.07, 6.45) is 3.91. The molecule has 0 fully saturated rings. The summed E-state index contributed by atoms with van der Waals surface area (Å²) in [5.41, 5.74) is 5.92. The van der Waals surface area contributed by atoms with Crippen molar-refractivity contribution in [1.82, 2.24) is 0 Å². The van der Waals surface area contributed by atoms with Crippen LogP contribution in [0.3, 0.4) is 0 Å². The first-order valence-electron chi connectivity index (χ1n) is 5.06. The monoisotopic (exact) mass is 265 g/mol. The van der Waals surface area contributed by atoms with Crippen molar-refractivity contribution in [3.05, 3.63) is 52.7 Å². The van der Waals surface area contributed by atoms with Crippen LogP contribution < -0.4 is 5.73 Å². The fourth-order valence-corrected chi connectivity index (χ4v) is 1.26. The summed E-state index contributed by atoms with van der Waals surface area (Å²) in [5, 5.41) is 0.619. The maximum absolute atomic E-state index is 11.4.